The van der Waals surface area contributed by atoms with Gasteiger partial charge in [0, 0.05) is 28.5 Å². The van der Waals surface area contributed by atoms with Crippen molar-refractivity contribution in [2.45, 2.75) is 0 Å². The third kappa shape index (κ3) is 2.38. The molecule has 0 spiro atoms. The maximum atomic E-state index is 12.4. The van der Waals surface area contributed by atoms with Gasteiger partial charge >= 0.3 is 0 Å². The first kappa shape index (κ1) is 13.0. The van der Waals surface area contributed by atoms with Crippen LogP contribution in [0, 0.1) is 0 Å². The number of morpholine rings is 1. The van der Waals surface area contributed by atoms with Crippen molar-refractivity contribution in [1.29, 1.82) is 0 Å². The van der Waals surface area contributed by atoms with E-state index in [1.54, 1.807) is 4.90 Å². The molecule has 2 heterocycles. The average molecular weight is 344 g/mol. The van der Waals surface area contributed by atoms with Gasteiger partial charge in [-0.2, -0.15) is 0 Å². The number of amides is 1. The topological polar surface area (TPSA) is 45.3 Å². The lowest BCUT2D eigenvalue weighted by Gasteiger charge is -2.26. The molecule has 1 N–H and O–H groups in total. The molecule has 1 fully saturated rings. The minimum absolute atomic E-state index is 0.0689. The Hall–Kier alpha value is -1.04. The van der Waals surface area contributed by atoms with Crippen LogP contribution in [0.3, 0.4) is 0 Å². The van der Waals surface area contributed by atoms with Crippen LogP contribution in [0.25, 0.3) is 10.9 Å². The molecule has 0 radical (unpaired) electrons. The number of hydrogen-bond acceptors (Lipinski definition) is 2. The Kier molecular flexibility index (Phi) is 3.52. The van der Waals surface area contributed by atoms with Crippen LogP contribution in [0.5, 0.6) is 0 Å². The molecule has 0 bridgehead atoms. The van der Waals surface area contributed by atoms with E-state index in [9.17, 15) is 4.79 Å². The van der Waals surface area contributed by atoms with Gasteiger partial charge in [-0.1, -0.05) is 27.5 Å². The number of hydrogen-bond donors (Lipinski definition) is 1. The van der Waals surface area contributed by atoms with Gasteiger partial charge in [0.1, 0.15) is 5.69 Å². The van der Waals surface area contributed by atoms with Gasteiger partial charge in [0.05, 0.1) is 18.2 Å². The van der Waals surface area contributed by atoms with Crippen molar-refractivity contribution >= 4 is 44.3 Å². The van der Waals surface area contributed by atoms with E-state index in [-0.39, 0.29) is 5.91 Å². The van der Waals surface area contributed by atoms with Gasteiger partial charge in [0.25, 0.3) is 5.91 Å². The van der Waals surface area contributed by atoms with E-state index in [1.807, 2.05) is 18.2 Å². The predicted octanol–water partition coefficient (Wildman–Crippen LogP) is 3.06. The number of fused-ring (bicyclic) bond motifs is 1. The number of H-pyrrole nitrogens is 1. The van der Waals surface area contributed by atoms with Crippen LogP contribution in [0.15, 0.2) is 22.7 Å². The Bertz CT molecular complexity index is 635. The van der Waals surface area contributed by atoms with Crippen molar-refractivity contribution in [3.05, 3.63) is 33.4 Å². The lowest BCUT2D eigenvalue weighted by molar-refractivity contribution is 0.0300. The number of rotatable bonds is 1. The number of ether oxygens (including phenoxy) is 1. The van der Waals surface area contributed by atoms with Gasteiger partial charge < -0.3 is 14.6 Å². The molecule has 1 aliphatic rings. The van der Waals surface area contributed by atoms with Crippen LogP contribution in [0.1, 0.15) is 10.5 Å². The number of halogens is 2. The Labute approximate surface area is 123 Å². The summed E-state index contributed by atoms with van der Waals surface area (Å²) in [5.41, 5.74) is 1.32. The summed E-state index contributed by atoms with van der Waals surface area (Å²) < 4.78 is 6.18. The lowest BCUT2D eigenvalue weighted by atomic mass is 10.2. The number of nitrogens with one attached hydrogen (secondary N) is 1. The third-order valence-corrected chi connectivity index (χ3v) is 4.10. The van der Waals surface area contributed by atoms with Gasteiger partial charge in [-0.05, 0) is 18.2 Å². The second kappa shape index (κ2) is 5.15. The van der Waals surface area contributed by atoms with Gasteiger partial charge in [-0.25, -0.2) is 0 Å². The Morgan fingerprint density at radius 1 is 1.37 bits per heavy atom. The molecule has 1 aromatic heterocycles. The quantitative estimate of drug-likeness (QED) is 0.865. The summed E-state index contributed by atoms with van der Waals surface area (Å²) in [4.78, 5) is 17.3. The molecule has 0 atom stereocenters. The molecule has 1 aliphatic heterocycles. The molecule has 6 heteroatoms. The second-order valence-corrected chi connectivity index (χ2v) is 5.70. The van der Waals surface area contributed by atoms with Crippen LogP contribution >= 0.6 is 27.5 Å². The smallest absolute Gasteiger partial charge is 0.272 e. The average Bonchev–Trinajstić information content (AvgIpc) is 2.76. The number of carbonyl (C=O) groups is 1. The summed E-state index contributed by atoms with van der Waals surface area (Å²) in [7, 11) is 0. The van der Waals surface area contributed by atoms with Gasteiger partial charge in [-0.3, -0.25) is 4.79 Å². The predicted molar refractivity (Wildman–Crippen MR) is 77.7 cm³/mol. The highest BCUT2D eigenvalue weighted by atomic mass is 79.9. The molecule has 3 rings (SSSR count). The molecule has 0 unspecified atom stereocenters. The lowest BCUT2D eigenvalue weighted by Crippen LogP contribution is -2.40. The van der Waals surface area contributed by atoms with E-state index in [2.05, 4.69) is 20.9 Å². The van der Waals surface area contributed by atoms with Crippen LogP contribution < -0.4 is 0 Å². The monoisotopic (exact) mass is 342 g/mol. The summed E-state index contributed by atoms with van der Waals surface area (Å²) in [6, 6.07) is 5.73. The van der Waals surface area contributed by atoms with E-state index < -0.39 is 0 Å². The number of nitrogens with zero attached hydrogens (tertiary/aromatic N) is 1. The van der Waals surface area contributed by atoms with E-state index in [1.165, 1.54) is 0 Å². The van der Waals surface area contributed by atoms with Gasteiger partial charge in [0.15, 0.2) is 0 Å². The normalized spacial score (nSPS) is 16.0. The highest BCUT2D eigenvalue weighted by Gasteiger charge is 2.23. The molecule has 2 aromatic rings. The van der Waals surface area contributed by atoms with Crippen LogP contribution in [-0.2, 0) is 4.74 Å². The zero-order valence-corrected chi connectivity index (χ0v) is 12.4. The number of benzene rings is 1. The number of aromatic nitrogens is 1. The molecule has 1 saturated heterocycles. The molecule has 0 saturated carbocycles. The molecule has 1 aromatic carbocycles. The van der Waals surface area contributed by atoms with Crippen LogP contribution in [0.2, 0.25) is 5.02 Å². The van der Waals surface area contributed by atoms with E-state index in [4.69, 9.17) is 16.3 Å². The highest BCUT2D eigenvalue weighted by molar-refractivity contribution is 9.10. The molecule has 100 valence electrons. The Balaban J connectivity index is 2.00. The SMILES string of the molecule is O=C(c1[nH]c2ccc(Br)cc2c1Cl)N1CCOCC1. The van der Waals surface area contributed by atoms with Crippen molar-refractivity contribution in [3.63, 3.8) is 0 Å². The van der Waals surface area contributed by atoms with Crippen LogP contribution in [-0.4, -0.2) is 42.1 Å². The summed E-state index contributed by atoms with van der Waals surface area (Å²) in [5, 5.41) is 1.33. The summed E-state index contributed by atoms with van der Waals surface area (Å²) in [5.74, 6) is -0.0689. The fourth-order valence-electron chi connectivity index (χ4n) is 2.20. The second-order valence-electron chi connectivity index (χ2n) is 4.41. The first-order valence-corrected chi connectivity index (χ1v) is 7.17. The van der Waals surface area contributed by atoms with E-state index >= 15 is 0 Å². The summed E-state index contributed by atoms with van der Waals surface area (Å²) in [6.45, 7) is 2.37. The number of aromatic amines is 1. The fourth-order valence-corrected chi connectivity index (χ4v) is 2.85. The molecule has 19 heavy (non-hydrogen) atoms. The molecule has 4 nitrogen and oxygen atoms in total. The van der Waals surface area contributed by atoms with E-state index in [0.717, 1.165) is 15.4 Å². The zero-order chi connectivity index (χ0) is 13.4. The molecule has 1 amide bonds. The largest absolute Gasteiger partial charge is 0.378 e. The number of carbonyl (C=O) groups excluding carboxylic acids is 1. The first-order chi connectivity index (χ1) is 9.16. The van der Waals surface area contributed by atoms with Gasteiger partial charge in [0.2, 0.25) is 0 Å². The first-order valence-electron chi connectivity index (χ1n) is 6.00. The summed E-state index contributed by atoms with van der Waals surface area (Å²) >= 11 is 9.72. The van der Waals surface area contributed by atoms with Crippen molar-refractivity contribution in [3.8, 4) is 0 Å². The molecule has 0 aliphatic carbocycles. The summed E-state index contributed by atoms with van der Waals surface area (Å²) in [6.07, 6.45) is 0. The molecular weight excluding hydrogens is 332 g/mol. The highest BCUT2D eigenvalue weighted by Crippen LogP contribution is 2.30. The third-order valence-electron chi connectivity index (χ3n) is 3.21. The minimum atomic E-state index is -0.0689. The maximum Gasteiger partial charge on any atom is 0.272 e. The molecular formula is C13H12BrClN2O2. The fraction of sp³-hybridized carbons (Fsp3) is 0.308. The van der Waals surface area contributed by atoms with E-state index in [0.29, 0.717) is 37.0 Å². The Morgan fingerprint density at radius 2 is 2.11 bits per heavy atom. The zero-order valence-electron chi connectivity index (χ0n) is 10.1. The maximum absolute atomic E-state index is 12.4. The van der Waals surface area contributed by atoms with Crippen molar-refractivity contribution in [2.75, 3.05) is 26.3 Å². The van der Waals surface area contributed by atoms with Crippen LogP contribution in [0.4, 0.5) is 0 Å². The standard InChI is InChI=1S/C13H12BrClN2O2/c14-8-1-2-10-9(7-8)11(15)12(16-10)13(18)17-3-5-19-6-4-17/h1-2,7,16H,3-6H2. The Morgan fingerprint density at radius 3 is 2.84 bits per heavy atom. The van der Waals surface area contributed by atoms with Crippen molar-refractivity contribution < 1.29 is 9.53 Å². The van der Waals surface area contributed by atoms with Crippen molar-refractivity contribution in [1.82, 2.24) is 9.88 Å². The minimum Gasteiger partial charge on any atom is -0.378 e. The van der Waals surface area contributed by atoms with Crippen molar-refractivity contribution in [2.24, 2.45) is 0 Å². The van der Waals surface area contributed by atoms with Gasteiger partial charge in [-0.15, -0.1) is 0 Å².